The number of carbonyl (C=O) groups excluding carboxylic acids is 1. The van der Waals surface area contributed by atoms with Crippen molar-refractivity contribution in [2.75, 3.05) is 19.6 Å². The van der Waals surface area contributed by atoms with Crippen molar-refractivity contribution < 1.29 is 17.9 Å². The number of hydrogen-bond acceptors (Lipinski definition) is 4. The van der Waals surface area contributed by atoms with Gasteiger partial charge in [-0.05, 0) is 64.3 Å². The highest BCUT2D eigenvalue weighted by atomic mass is 32.2. The molecule has 1 aromatic rings. The number of hydrogen-bond donors (Lipinski definition) is 0. The highest BCUT2D eigenvalue weighted by molar-refractivity contribution is 7.89. The zero-order valence-electron chi connectivity index (χ0n) is 15.7. The van der Waals surface area contributed by atoms with E-state index in [9.17, 15) is 13.2 Å². The molecule has 0 aromatic heterocycles. The maximum atomic E-state index is 12.9. The number of nitrogens with zero attached hydrogens (tertiary/aromatic N) is 2. The van der Waals surface area contributed by atoms with E-state index in [0.717, 1.165) is 25.8 Å². The fraction of sp³-hybridized carbons (Fsp3) is 0.632. The van der Waals surface area contributed by atoms with E-state index in [1.807, 2.05) is 18.7 Å². The van der Waals surface area contributed by atoms with E-state index in [0.29, 0.717) is 18.7 Å². The summed E-state index contributed by atoms with van der Waals surface area (Å²) in [5.41, 5.74) is 0.543. The van der Waals surface area contributed by atoms with Crippen molar-refractivity contribution >= 4 is 15.9 Å². The lowest BCUT2D eigenvalue weighted by molar-refractivity contribution is -0.0440. The Morgan fingerprint density at radius 1 is 1.04 bits per heavy atom. The first kappa shape index (κ1) is 19.3. The van der Waals surface area contributed by atoms with Gasteiger partial charge in [-0.1, -0.05) is 0 Å². The molecule has 0 saturated carbocycles. The number of likely N-dealkylation sites (tertiary alicyclic amines) is 1. The second kappa shape index (κ2) is 7.66. The molecule has 0 bridgehead atoms. The Balaban J connectivity index is 1.77. The largest absolute Gasteiger partial charge is 0.373 e. The number of carbonyl (C=O) groups is 1. The van der Waals surface area contributed by atoms with E-state index in [1.54, 1.807) is 24.3 Å². The first-order chi connectivity index (χ1) is 12.3. The molecule has 6 nitrogen and oxygen atoms in total. The first-order valence-corrected chi connectivity index (χ1v) is 10.8. The Morgan fingerprint density at radius 2 is 1.65 bits per heavy atom. The minimum absolute atomic E-state index is 0.0187. The van der Waals surface area contributed by atoms with Crippen LogP contribution in [-0.2, 0) is 14.8 Å². The highest BCUT2D eigenvalue weighted by Gasteiger charge is 2.32. The van der Waals surface area contributed by atoms with E-state index < -0.39 is 10.0 Å². The average molecular weight is 381 g/mol. The molecule has 26 heavy (non-hydrogen) atoms. The summed E-state index contributed by atoms with van der Waals surface area (Å²) in [5, 5.41) is 0. The van der Waals surface area contributed by atoms with E-state index in [4.69, 9.17) is 4.74 Å². The summed E-state index contributed by atoms with van der Waals surface area (Å²) in [7, 11) is -3.58. The smallest absolute Gasteiger partial charge is 0.254 e. The molecular formula is C19H28N2O4S. The molecule has 2 aliphatic rings. The second-order valence-electron chi connectivity index (χ2n) is 7.45. The lowest BCUT2D eigenvalue weighted by Gasteiger charge is -2.34. The van der Waals surface area contributed by atoms with Crippen molar-refractivity contribution in [1.29, 1.82) is 0 Å². The quantitative estimate of drug-likeness (QED) is 0.808. The third kappa shape index (κ3) is 3.94. The lowest BCUT2D eigenvalue weighted by atomic mass is 10.0. The topological polar surface area (TPSA) is 66.9 Å². The van der Waals surface area contributed by atoms with E-state index >= 15 is 0 Å². The van der Waals surface area contributed by atoms with Gasteiger partial charge in [0.2, 0.25) is 10.0 Å². The molecule has 2 heterocycles. The van der Waals surface area contributed by atoms with Gasteiger partial charge in [0.15, 0.2) is 0 Å². The number of benzene rings is 1. The van der Waals surface area contributed by atoms with Gasteiger partial charge in [0.25, 0.3) is 5.91 Å². The predicted octanol–water partition coefficient (Wildman–Crippen LogP) is 2.50. The molecule has 0 spiro atoms. The van der Waals surface area contributed by atoms with Crippen LogP contribution >= 0.6 is 0 Å². The minimum atomic E-state index is -3.58. The van der Waals surface area contributed by atoms with Gasteiger partial charge >= 0.3 is 0 Å². The number of sulfonamides is 1. The van der Waals surface area contributed by atoms with Gasteiger partial charge < -0.3 is 9.64 Å². The van der Waals surface area contributed by atoms with Crippen molar-refractivity contribution in [2.45, 2.75) is 63.2 Å². The summed E-state index contributed by atoms with van der Waals surface area (Å²) < 4.78 is 32.9. The van der Waals surface area contributed by atoms with Gasteiger partial charge in [0.05, 0.1) is 17.1 Å². The predicted molar refractivity (Wildman–Crippen MR) is 99.6 cm³/mol. The van der Waals surface area contributed by atoms with Crippen LogP contribution in [0.1, 0.15) is 50.4 Å². The summed E-state index contributed by atoms with van der Waals surface area (Å²) in [4.78, 5) is 14.8. The first-order valence-electron chi connectivity index (χ1n) is 9.35. The van der Waals surface area contributed by atoms with Crippen molar-refractivity contribution in [3.05, 3.63) is 29.8 Å². The maximum Gasteiger partial charge on any atom is 0.254 e. The van der Waals surface area contributed by atoms with Crippen LogP contribution in [0.2, 0.25) is 0 Å². The lowest BCUT2D eigenvalue weighted by Crippen LogP contribution is -2.48. The monoisotopic (exact) mass is 380 g/mol. The fourth-order valence-corrected chi connectivity index (χ4v) is 5.40. The van der Waals surface area contributed by atoms with Crippen LogP contribution < -0.4 is 0 Å². The summed E-state index contributed by atoms with van der Waals surface area (Å²) >= 11 is 0. The molecule has 1 amide bonds. The molecular weight excluding hydrogens is 352 g/mol. The number of piperidine rings is 1. The van der Waals surface area contributed by atoms with Gasteiger partial charge in [-0.2, -0.15) is 4.31 Å². The van der Waals surface area contributed by atoms with Crippen LogP contribution in [0.4, 0.5) is 0 Å². The Bertz CT molecular complexity index is 737. The second-order valence-corrected chi connectivity index (χ2v) is 9.39. The summed E-state index contributed by atoms with van der Waals surface area (Å²) in [6.45, 7) is 7.27. The Hall–Kier alpha value is -1.44. The van der Waals surface area contributed by atoms with Gasteiger partial charge in [0.1, 0.15) is 0 Å². The van der Waals surface area contributed by atoms with Crippen molar-refractivity contribution in [2.24, 2.45) is 0 Å². The Kier molecular flexibility index (Phi) is 5.69. The molecule has 0 N–H and O–H groups in total. The molecule has 2 fully saturated rings. The fourth-order valence-electron chi connectivity index (χ4n) is 3.81. The van der Waals surface area contributed by atoms with Crippen molar-refractivity contribution in [1.82, 2.24) is 9.21 Å². The third-order valence-electron chi connectivity index (χ3n) is 5.19. The SMILES string of the molecule is CC1CN(S(=O)(=O)c2ccc(C(=O)N3CCCCC3C)cc2)CC(C)O1. The molecule has 3 rings (SSSR count). The summed E-state index contributed by atoms with van der Waals surface area (Å²) in [5.74, 6) is -0.0187. The van der Waals surface area contributed by atoms with E-state index in [-0.39, 0.29) is 29.1 Å². The van der Waals surface area contributed by atoms with Crippen LogP contribution in [0.25, 0.3) is 0 Å². The number of amides is 1. The minimum Gasteiger partial charge on any atom is -0.373 e. The molecule has 7 heteroatoms. The number of rotatable bonds is 3. The van der Waals surface area contributed by atoms with Gasteiger partial charge in [-0.25, -0.2) is 8.42 Å². The molecule has 2 saturated heterocycles. The van der Waals surface area contributed by atoms with Crippen molar-refractivity contribution in [3.8, 4) is 0 Å². The zero-order chi connectivity index (χ0) is 18.9. The van der Waals surface area contributed by atoms with E-state index in [1.165, 1.54) is 4.31 Å². The Morgan fingerprint density at radius 3 is 2.23 bits per heavy atom. The molecule has 2 aliphatic heterocycles. The Labute approximate surface area is 156 Å². The zero-order valence-corrected chi connectivity index (χ0v) is 16.5. The van der Waals surface area contributed by atoms with Crippen molar-refractivity contribution in [3.63, 3.8) is 0 Å². The van der Waals surface area contributed by atoms with Crippen LogP contribution in [0.15, 0.2) is 29.2 Å². The van der Waals surface area contributed by atoms with Gasteiger partial charge in [0, 0.05) is 31.2 Å². The highest BCUT2D eigenvalue weighted by Crippen LogP contribution is 2.23. The van der Waals surface area contributed by atoms with Crippen LogP contribution in [0.3, 0.4) is 0 Å². The van der Waals surface area contributed by atoms with Crippen LogP contribution in [0, 0.1) is 0 Å². The summed E-state index contributed by atoms with van der Waals surface area (Å²) in [6.07, 6.45) is 2.94. The van der Waals surface area contributed by atoms with Gasteiger partial charge in [-0.3, -0.25) is 4.79 Å². The number of ether oxygens (including phenoxy) is 1. The van der Waals surface area contributed by atoms with Crippen LogP contribution in [0.5, 0.6) is 0 Å². The molecule has 144 valence electrons. The molecule has 0 radical (unpaired) electrons. The molecule has 1 aromatic carbocycles. The molecule has 3 unspecified atom stereocenters. The third-order valence-corrected chi connectivity index (χ3v) is 7.03. The van der Waals surface area contributed by atoms with E-state index in [2.05, 4.69) is 6.92 Å². The van der Waals surface area contributed by atoms with Gasteiger partial charge in [-0.15, -0.1) is 0 Å². The molecule has 3 atom stereocenters. The normalized spacial score (nSPS) is 28.1. The number of morpholine rings is 1. The average Bonchev–Trinajstić information content (AvgIpc) is 2.61. The standard InChI is InChI=1S/C19H28N2O4S/c1-14-6-4-5-11-21(14)19(22)17-7-9-18(10-8-17)26(23,24)20-12-15(2)25-16(3)13-20/h7-10,14-16H,4-6,11-13H2,1-3H3. The van der Waals surface area contributed by atoms with Crippen LogP contribution in [-0.4, -0.2) is 61.4 Å². The molecule has 0 aliphatic carbocycles. The summed E-state index contributed by atoms with van der Waals surface area (Å²) in [6, 6.07) is 6.58. The maximum absolute atomic E-state index is 12.9.